The highest BCUT2D eigenvalue weighted by molar-refractivity contribution is 5.45. The average molecular weight is 273 g/mol. The average Bonchev–Trinajstić information content (AvgIpc) is 2.48. The maximum atomic E-state index is 8.97. The van der Waals surface area contributed by atoms with Gasteiger partial charge in [0.25, 0.3) is 0 Å². The van der Waals surface area contributed by atoms with Gasteiger partial charge in [-0.05, 0) is 48.8 Å². The maximum absolute atomic E-state index is 8.97. The summed E-state index contributed by atoms with van der Waals surface area (Å²) in [6.07, 6.45) is 3.92. The molecule has 0 aliphatic heterocycles. The van der Waals surface area contributed by atoms with Gasteiger partial charge in [0.05, 0.1) is 25.4 Å². The van der Waals surface area contributed by atoms with E-state index in [1.54, 1.807) is 13.2 Å². The van der Waals surface area contributed by atoms with Crippen molar-refractivity contribution >= 4 is 0 Å². The van der Waals surface area contributed by atoms with Crippen LogP contribution in [0.1, 0.15) is 44.2 Å². The van der Waals surface area contributed by atoms with Crippen molar-refractivity contribution in [3.05, 3.63) is 29.3 Å². The minimum absolute atomic E-state index is 0.364. The number of nitrogens with zero attached hydrogens (tertiary/aromatic N) is 1. The van der Waals surface area contributed by atoms with Crippen LogP contribution in [0.25, 0.3) is 0 Å². The van der Waals surface area contributed by atoms with E-state index in [1.165, 1.54) is 6.42 Å². The first-order valence-corrected chi connectivity index (χ1v) is 7.32. The Labute approximate surface area is 121 Å². The van der Waals surface area contributed by atoms with E-state index < -0.39 is 0 Å². The molecule has 0 amide bonds. The zero-order chi connectivity index (χ0) is 14.5. The predicted molar refractivity (Wildman–Crippen MR) is 78.5 cm³/mol. The predicted octanol–water partition coefficient (Wildman–Crippen LogP) is 3.91. The molecular formula is C17H23NO2. The number of methoxy groups -OCH3 is 1. The molecule has 3 atom stereocenters. The number of ether oxygens (including phenoxy) is 2. The minimum Gasteiger partial charge on any atom is -0.495 e. The van der Waals surface area contributed by atoms with Gasteiger partial charge in [0, 0.05) is 0 Å². The number of rotatable bonds is 4. The summed E-state index contributed by atoms with van der Waals surface area (Å²) in [6, 6.07) is 7.76. The molecule has 1 aliphatic carbocycles. The third-order valence-corrected chi connectivity index (χ3v) is 4.42. The van der Waals surface area contributed by atoms with Crippen LogP contribution in [0.2, 0.25) is 0 Å². The third kappa shape index (κ3) is 3.52. The quantitative estimate of drug-likeness (QED) is 0.835. The van der Waals surface area contributed by atoms with E-state index in [1.807, 2.05) is 12.1 Å². The zero-order valence-corrected chi connectivity index (χ0v) is 12.6. The van der Waals surface area contributed by atoms with Gasteiger partial charge in [0.15, 0.2) is 0 Å². The van der Waals surface area contributed by atoms with E-state index in [4.69, 9.17) is 14.7 Å². The highest BCUT2D eigenvalue weighted by atomic mass is 16.5. The van der Waals surface area contributed by atoms with Gasteiger partial charge in [-0.2, -0.15) is 5.26 Å². The second-order valence-corrected chi connectivity index (χ2v) is 5.85. The maximum Gasteiger partial charge on any atom is 0.136 e. The molecule has 3 heteroatoms. The summed E-state index contributed by atoms with van der Waals surface area (Å²) < 4.78 is 11.2. The number of hydrogen-bond donors (Lipinski definition) is 0. The molecule has 1 aliphatic rings. The van der Waals surface area contributed by atoms with E-state index in [0.717, 1.165) is 30.2 Å². The van der Waals surface area contributed by atoms with Crippen molar-refractivity contribution in [3.63, 3.8) is 0 Å². The Morgan fingerprint density at radius 3 is 2.70 bits per heavy atom. The molecule has 0 spiro atoms. The molecule has 0 heterocycles. The van der Waals surface area contributed by atoms with Gasteiger partial charge in [-0.1, -0.05) is 19.9 Å². The number of benzene rings is 1. The molecule has 108 valence electrons. The Kier molecular flexibility index (Phi) is 5.03. The molecule has 1 fully saturated rings. The molecule has 1 saturated carbocycles. The van der Waals surface area contributed by atoms with Gasteiger partial charge in [0.1, 0.15) is 11.8 Å². The first kappa shape index (κ1) is 14.9. The lowest BCUT2D eigenvalue weighted by Crippen LogP contribution is -2.26. The number of nitriles is 1. The second-order valence-electron chi connectivity index (χ2n) is 5.85. The number of hydrogen-bond acceptors (Lipinski definition) is 3. The SMILES string of the molecule is COc1cc(COC2CCC(C)C(C)C2)ccc1C#N. The topological polar surface area (TPSA) is 42.2 Å². The lowest BCUT2D eigenvalue weighted by molar-refractivity contribution is -0.00750. The summed E-state index contributed by atoms with van der Waals surface area (Å²) in [5.74, 6) is 2.17. The summed E-state index contributed by atoms with van der Waals surface area (Å²) >= 11 is 0. The zero-order valence-electron chi connectivity index (χ0n) is 12.6. The van der Waals surface area contributed by atoms with Crippen LogP contribution in [-0.2, 0) is 11.3 Å². The van der Waals surface area contributed by atoms with Gasteiger partial charge >= 0.3 is 0 Å². The fourth-order valence-corrected chi connectivity index (χ4v) is 2.78. The van der Waals surface area contributed by atoms with Crippen molar-refractivity contribution in [2.75, 3.05) is 7.11 Å². The van der Waals surface area contributed by atoms with Crippen LogP contribution in [0.5, 0.6) is 5.75 Å². The van der Waals surface area contributed by atoms with E-state index in [9.17, 15) is 0 Å². The fraction of sp³-hybridized carbons (Fsp3) is 0.588. The van der Waals surface area contributed by atoms with Crippen LogP contribution >= 0.6 is 0 Å². The molecule has 3 unspecified atom stereocenters. The van der Waals surface area contributed by atoms with E-state index in [0.29, 0.717) is 24.0 Å². The van der Waals surface area contributed by atoms with E-state index in [-0.39, 0.29) is 0 Å². The molecule has 20 heavy (non-hydrogen) atoms. The lowest BCUT2D eigenvalue weighted by atomic mass is 9.80. The molecule has 0 aromatic heterocycles. The molecule has 2 rings (SSSR count). The Balaban J connectivity index is 1.93. The van der Waals surface area contributed by atoms with Crippen LogP contribution in [0, 0.1) is 23.2 Å². The van der Waals surface area contributed by atoms with Crippen LogP contribution in [0.4, 0.5) is 0 Å². The Bertz CT molecular complexity index is 492. The summed E-state index contributed by atoms with van der Waals surface area (Å²) in [7, 11) is 1.59. The van der Waals surface area contributed by atoms with Crippen molar-refractivity contribution in [3.8, 4) is 11.8 Å². The summed E-state index contributed by atoms with van der Waals surface area (Å²) in [5.41, 5.74) is 1.63. The van der Waals surface area contributed by atoms with Crippen molar-refractivity contribution in [1.82, 2.24) is 0 Å². The monoisotopic (exact) mass is 273 g/mol. The van der Waals surface area contributed by atoms with Crippen LogP contribution < -0.4 is 4.74 Å². The Hall–Kier alpha value is -1.53. The second kappa shape index (κ2) is 6.76. The molecule has 1 aromatic rings. The van der Waals surface area contributed by atoms with Crippen molar-refractivity contribution in [1.29, 1.82) is 5.26 Å². The molecule has 0 bridgehead atoms. The van der Waals surface area contributed by atoms with Crippen LogP contribution in [0.3, 0.4) is 0 Å². The summed E-state index contributed by atoms with van der Waals surface area (Å²) in [4.78, 5) is 0. The minimum atomic E-state index is 0.364. The molecule has 3 nitrogen and oxygen atoms in total. The van der Waals surface area contributed by atoms with Crippen molar-refractivity contribution in [2.45, 2.75) is 45.8 Å². The highest BCUT2D eigenvalue weighted by Crippen LogP contribution is 2.31. The summed E-state index contributed by atoms with van der Waals surface area (Å²) in [5, 5.41) is 8.97. The Morgan fingerprint density at radius 2 is 2.05 bits per heavy atom. The summed E-state index contributed by atoms with van der Waals surface area (Å²) in [6.45, 7) is 5.23. The van der Waals surface area contributed by atoms with Gasteiger partial charge < -0.3 is 9.47 Å². The molecule has 1 aromatic carbocycles. The standard InChI is InChI=1S/C17H23NO2/c1-12-4-7-16(8-13(12)2)20-11-14-5-6-15(10-18)17(9-14)19-3/h5-6,9,12-13,16H,4,7-8,11H2,1-3H3. The highest BCUT2D eigenvalue weighted by Gasteiger charge is 2.24. The van der Waals surface area contributed by atoms with Crippen LogP contribution in [0.15, 0.2) is 18.2 Å². The Morgan fingerprint density at radius 1 is 1.25 bits per heavy atom. The van der Waals surface area contributed by atoms with Gasteiger partial charge in [-0.25, -0.2) is 0 Å². The van der Waals surface area contributed by atoms with Crippen LogP contribution in [-0.4, -0.2) is 13.2 Å². The normalized spacial score (nSPS) is 26.0. The van der Waals surface area contributed by atoms with E-state index in [2.05, 4.69) is 19.9 Å². The molecule has 0 radical (unpaired) electrons. The molecular weight excluding hydrogens is 250 g/mol. The molecule has 0 saturated heterocycles. The van der Waals surface area contributed by atoms with Gasteiger partial charge in [-0.3, -0.25) is 0 Å². The van der Waals surface area contributed by atoms with E-state index >= 15 is 0 Å². The first-order chi connectivity index (χ1) is 9.63. The third-order valence-electron chi connectivity index (χ3n) is 4.42. The van der Waals surface area contributed by atoms with Crippen molar-refractivity contribution in [2.24, 2.45) is 11.8 Å². The van der Waals surface area contributed by atoms with Gasteiger partial charge in [0.2, 0.25) is 0 Å². The van der Waals surface area contributed by atoms with Crippen molar-refractivity contribution < 1.29 is 9.47 Å². The fourth-order valence-electron chi connectivity index (χ4n) is 2.78. The molecule has 0 N–H and O–H groups in total. The smallest absolute Gasteiger partial charge is 0.136 e. The van der Waals surface area contributed by atoms with Gasteiger partial charge in [-0.15, -0.1) is 0 Å². The lowest BCUT2D eigenvalue weighted by Gasteiger charge is -2.32. The largest absolute Gasteiger partial charge is 0.495 e. The first-order valence-electron chi connectivity index (χ1n) is 7.32.